The largest absolute Gasteiger partial charge is 0.393 e. The Hall–Kier alpha value is -1.03. The highest BCUT2D eigenvalue weighted by molar-refractivity contribution is 5.96. The molecule has 8 nitrogen and oxygen atoms in total. The smallest absolute Gasteiger partial charge is 0.249 e. The fraction of sp³-hybridized carbons (Fsp3) is 0.875. The maximum absolute atomic E-state index is 13.4. The van der Waals surface area contributed by atoms with E-state index in [1.165, 1.54) is 5.06 Å². The lowest BCUT2D eigenvalue weighted by Gasteiger charge is -2.60. The van der Waals surface area contributed by atoms with Crippen molar-refractivity contribution in [1.82, 2.24) is 15.4 Å². The molecule has 2 aliphatic carbocycles. The van der Waals surface area contributed by atoms with Gasteiger partial charge in [0.1, 0.15) is 11.1 Å². The van der Waals surface area contributed by atoms with Gasteiger partial charge in [-0.05, 0) is 98.0 Å². The molecule has 1 saturated heterocycles. The van der Waals surface area contributed by atoms with Crippen LogP contribution in [-0.4, -0.2) is 77.1 Å². The maximum Gasteiger partial charge on any atom is 0.249 e. The first kappa shape index (κ1) is 24.1. The lowest BCUT2D eigenvalue weighted by molar-refractivity contribution is -0.286. The number of hydrogen-bond acceptors (Lipinski definition) is 6. The number of rotatable bonds is 2. The number of carbonyl (C=O) groups is 1. The monoisotopic (exact) mass is 452 g/mol. The third kappa shape index (κ3) is 3.93. The minimum Gasteiger partial charge on any atom is -0.393 e. The second-order valence-corrected chi connectivity index (χ2v) is 11.9. The summed E-state index contributed by atoms with van der Waals surface area (Å²) in [5, 5.41) is 46.5. The van der Waals surface area contributed by atoms with E-state index in [2.05, 4.69) is 5.32 Å². The third-order valence-electron chi connectivity index (χ3n) is 8.79. The van der Waals surface area contributed by atoms with Crippen LogP contribution in [0.2, 0.25) is 0 Å². The molecule has 2 saturated carbocycles. The third-order valence-corrected chi connectivity index (χ3v) is 8.79. The van der Waals surface area contributed by atoms with Crippen LogP contribution < -0.4 is 5.32 Å². The fourth-order valence-corrected chi connectivity index (χ4v) is 6.92. The zero-order valence-corrected chi connectivity index (χ0v) is 20.0. The van der Waals surface area contributed by atoms with Crippen molar-refractivity contribution in [3.8, 4) is 0 Å². The first-order chi connectivity index (χ1) is 14.8. The summed E-state index contributed by atoms with van der Waals surface area (Å²) < 4.78 is 0. The number of carbonyl (C=O) groups excluding carboxylic acids is 1. The van der Waals surface area contributed by atoms with Gasteiger partial charge in [0.25, 0.3) is 0 Å². The molecule has 32 heavy (non-hydrogen) atoms. The summed E-state index contributed by atoms with van der Waals surface area (Å²) in [5.74, 6) is -0.133. The van der Waals surface area contributed by atoms with Crippen molar-refractivity contribution < 1.29 is 25.4 Å². The Morgan fingerprint density at radius 3 is 1.78 bits per heavy atom. The molecule has 2 spiro atoms. The van der Waals surface area contributed by atoms with Crippen LogP contribution in [0.1, 0.15) is 91.9 Å². The topological polar surface area (TPSA) is 119 Å². The van der Waals surface area contributed by atoms with Crippen LogP contribution in [0.25, 0.3) is 0 Å². The molecule has 1 amide bonds. The Morgan fingerprint density at radius 2 is 1.41 bits per heavy atom. The van der Waals surface area contributed by atoms with Crippen molar-refractivity contribution in [2.24, 2.45) is 0 Å². The second-order valence-electron chi connectivity index (χ2n) is 11.9. The SMILES string of the molecule is CC1(C)C=C(C(=O)NC2CC3(CCC(O)CC3)N(O)C3(CCC(O)CC3)C2)C(C)(C)N1[OH2+]. The van der Waals surface area contributed by atoms with Gasteiger partial charge < -0.3 is 25.9 Å². The highest BCUT2D eigenvalue weighted by atomic mass is 16.5. The summed E-state index contributed by atoms with van der Waals surface area (Å²) in [5.41, 5.74) is -1.52. The van der Waals surface area contributed by atoms with E-state index in [1.54, 1.807) is 5.06 Å². The number of hydroxylamine groups is 4. The Labute approximate surface area is 191 Å². The van der Waals surface area contributed by atoms with E-state index in [-0.39, 0.29) is 24.2 Å². The van der Waals surface area contributed by atoms with E-state index in [9.17, 15) is 20.2 Å². The van der Waals surface area contributed by atoms with Crippen molar-refractivity contribution in [2.45, 2.75) is 132 Å². The molecule has 0 aromatic carbocycles. The number of aliphatic hydroxyl groups is 2. The fourth-order valence-electron chi connectivity index (χ4n) is 6.92. The summed E-state index contributed by atoms with van der Waals surface area (Å²) in [4.78, 5) is 13.4. The van der Waals surface area contributed by atoms with Crippen LogP contribution in [0.3, 0.4) is 0 Å². The van der Waals surface area contributed by atoms with Gasteiger partial charge in [0.05, 0.1) is 12.2 Å². The first-order valence-corrected chi connectivity index (χ1v) is 12.2. The highest BCUT2D eigenvalue weighted by Gasteiger charge is 2.57. The molecule has 182 valence electrons. The molecule has 3 fully saturated rings. The molecule has 0 bridgehead atoms. The van der Waals surface area contributed by atoms with E-state index >= 15 is 0 Å². The van der Waals surface area contributed by atoms with Crippen molar-refractivity contribution in [3.63, 3.8) is 0 Å². The molecule has 0 atom stereocenters. The number of nitrogens with zero attached hydrogens (tertiary/aromatic N) is 2. The van der Waals surface area contributed by atoms with Gasteiger partial charge in [-0.2, -0.15) is 5.06 Å². The summed E-state index contributed by atoms with van der Waals surface area (Å²) in [6.07, 6.45) is 7.92. The predicted molar refractivity (Wildman–Crippen MR) is 121 cm³/mol. The van der Waals surface area contributed by atoms with Crippen molar-refractivity contribution in [2.75, 3.05) is 0 Å². The number of amides is 1. The Morgan fingerprint density at radius 1 is 0.969 bits per heavy atom. The first-order valence-electron chi connectivity index (χ1n) is 12.2. The molecule has 4 rings (SSSR count). The zero-order chi connectivity index (χ0) is 23.5. The van der Waals surface area contributed by atoms with Gasteiger partial charge in [0.2, 0.25) is 5.91 Å². The number of hydrogen-bond donors (Lipinski definition) is 4. The van der Waals surface area contributed by atoms with E-state index < -0.39 is 22.2 Å². The number of nitrogens with one attached hydrogen (secondary N) is 1. The average molecular weight is 453 g/mol. The summed E-state index contributed by atoms with van der Waals surface area (Å²) >= 11 is 0. The molecular weight excluding hydrogens is 410 g/mol. The van der Waals surface area contributed by atoms with E-state index in [0.29, 0.717) is 69.8 Å². The Kier molecular flexibility index (Phi) is 6.05. The van der Waals surface area contributed by atoms with Gasteiger partial charge in [-0.1, -0.05) is 5.06 Å². The van der Waals surface area contributed by atoms with Gasteiger partial charge in [-0.15, -0.1) is 0 Å². The van der Waals surface area contributed by atoms with Crippen LogP contribution in [-0.2, 0) is 4.79 Å². The van der Waals surface area contributed by atoms with Crippen molar-refractivity contribution in [3.05, 3.63) is 11.6 Å². The van der Waals surface area contributed by atoms with Crippen molar-refractivity contribution in [1.29, 1.82) is 0 Å². The molecule has 8 heteroatoms. The highest BCUT2D eigenvalue weighted by Crippen LogP contribution is 2.50. The minimum atomic E-state index is -0.690. The Balaban J connectivity index is 1.59. The second kappa shape index (κ2) is 8.03. The standard InChI is InChI=1S/C24H41N3O5/c1-21(2)15-19(22(3,4)26(21)31)20(30)25-16-13-23(9-5-17(28)6-10-23)27(32)24(14-16)11-7-18(29)8-12-24/h15-18,28-29,31-32H,5-14H2,1-4H3,(H,25,30)/p+1. The summed E-state index contributed by atoms with van der Waals surface area (Å²) in [6, 6.07) is -0.101. The van der Waals surface area contributed by atoms with Gasteiger partial charge in [-0.25, -0.2) is 0 Å². The molecule has 6 N–H and O–H groups in total. The van der Waals surface area contributed by atoms with Crippen LogP contribution in [0.4, 0.5) is 0 Å². The van der Waals surface area contributed by atoms with Crippen LogP contribution in [0.15, 0.2) is 11.6 Å². The molecule has 2 aliphatic heterocycles. The maximum atomic E-state index is 13.4. The lowest BCUT2D eigenvalue weighted by atomic mass is 9.64. The Bertz CT molecular complexity index is 732. The lowest BCUT2D eigenvalue weighted by Crippen LogP contribution is -2.69. The van der Waals surface area contributed by atoms with E-state index in [1.807, 2.05) is 33.8 Å². The molecule has 4 aliphatic rings. The number of aliphatic hydroxyl groups excluding tert-OH is 2. The molecule has 2 heterocycles. The van der Waals surface area contributed by atoms with Gasteiger partial charge >= 0.3 is 0 Å². The van der Waals surface area contributed by atoms with Crippen LogP contribution >= 0.6 is 0 Å². The number of piperidine rings is 1. The molecular formula is C24H42N3O5+. The molecule has 0 aromatic rings. The van der Waals surface area contributed by atoms with Gasteiger partial charge in [-0.3, -0.25) is 4.79 Å². The molecule has 0 aromatic heterocycles. The normalized spacial score (nSPS) is 42.2. The van der Waals surface area contributed by atoms with E-state index in [4.69, 9.17) is 5.21 Å². The summed E-state index contributed by atoms with van der Waals surface area (Å²) in [7, 11) is 0. The zero-order valence-electron chi connectivity index (χ0n) is 20.0. The average Bonchev–Trinajstić information content (AvgIpc) is 2.90. The van der Waals surface area contributed by atoms with Gasteiger partial charge in [0.15, 0.2) is 0 Å². The van der Waals surface area contributed by atoms with Gasteiger partial charge in [0, 0.05) is 22.7 Å². The molecule has 0 unspecified atom stereocenters. The molecule has 0 radical (unpaired) electrons. The van der Waals surface area contributed by atoms with E-state index in [0.717, 1.165) is 0 Å². The summed E-state index contributed by atoms with van der Waals surface area (Å²) in [6.45, 7) is 7.70. The predicted octanol–water partition coefficient (Wildman–Crippen LogP) is 1.74. The minimum absolute atomic E-state index is 0.101. The van der Waals surface area contributed by atoms with Crippen LogP contribution in [0, 0.1) is 0 Å². The van der Waals surface area contributed by atoms with Crippen LogP contribution in [0.5, 0.6) is 0 Å². The van der Waals surface area contributed by atoms with Crippen molar-refractivity contribution >= 4 is 5.91 Å². The quantitative estimate of drug-likeness (QED) is 0.474.